The van der Waals surface area contributed by atoms with Crippen LogP contribution in [0, 0.1) is 5.92 Å². The highest BCUT2D eigenvalue weighted by molar-refractivity contribution is 5.91. The lowest BCUT2D eigenvalue weighted by Gasteiger charge is -2.04. The molecule has 0 unspecified atom stereocenters. The molecule has 1 heterocycles. The first-order chi connectivity index (χ1) is 9.58. The lowest BCUT2D eigenvalue weighted by atomic mass is 10.1. The number of benzene rings is 1. The summed E-state index contributed by atoms with van der Waals surface area (Å²) >= 11 is 0. The van der Waals surface area contributed by atoms with Crippen LogP contribution in [0.5, 0.6) is 5.88 Å². The van der Waals surface area contributed by atoms with Crippen molar-refractivity contribution in [1.82, 2.24) is 5.16 Å². The van der Waals surface area contributed by atoms with Crippen LogP contribution < -0.4 is 4.74 Å². The Hall–Kier alpha value is -2.30. The number of ether oxygens (including phenoxy) is 1. The molecule has 5 nitrogen and oxygen atoms in total. The fraction of sp³-hybridized carbons (Fsp3) is 0.333. The summed E-state index contributed by atoms with van der Waals surface area (Å²) in [6, 6.07) is 9.49. The van der Waals surface area contributed by atoms with Crippen LogP contribution in [0.3, 0.4) is 0 Å². The predicted molar refractivity (Wildman–Crippen MR) is 72.8 cm³/mol. The SMILES string of the molecule is CC(C)Cc1onc(OCc2ccccc2)c1C(=O)O. The molecule has 106 valence electrons. The van der Waals surface area contributed by atoms with Crippen molar-refractivity contribution < 1.29 is 19.2 Å². The molecule has 1 aromatic carbocycles. The molecular weight excluding hydrogens is 258 g/mol. The number of hydrogen-bond donors (Lipinski definition) is 1. The molecule has 2 rings (SSSR count). The first-order valence-corrected chi connectivity index (χ1v) is 6.46. The van der Waals surface area contributed by atoms with Gasteiger partial charge < -0.3 is 14.4 Å². The summed E-state index contributed by atoms with van der Waals surface area (Å²) in [5, 5.41) is 13.0. The van der Waals surface area contributed by atoms with Gasteiger partial charge in [-0.1, -0.05) is 44.2 Å². The van der Waals surface area contributed by atoms with E-state index in [4.69, 9.17) is 9.26 Å². The third-order valence-corrected chi connectivity index (χ3v) is 2.76. The molecule has 0 saturated carbocycles. The van der Waals surface area contributed by atoms with Gasteiger partial charge in [0.15, 0.2) is 11.3 Å². The van der Waals surface area contributed by atoms with Crippen molar-refractivity contribution in [1.29, 1.82) is 0 Å². The number of nitrogens with zero attached hydrogens (tertiary/aromatic N) is 1. The van der Waals surface area contributed by atoms with Gasteiger partial charge in [0, 0.05) is 6.42 Å². The van der Waals surface area contributed by atoms with E-state index < -0.39 is 5.97 Å². The van der Waals surface area contributed by atoms with Crippen LogP contribution in [-0.2, 0) is 13.0 Å². The second kappa shape index (κ2) is 6.23. The molecule has 2 aromatic rings. The van der Waals surface area contributed by atoms with E-state index >= 15 is 0 Å². The quantitative estimate of drug-likeness (QED) is 0.876. The molecule has 0 atom stereocenters. The average Bonchev–Trinajstić information content (AvgIpc) is 2.79. The van der Waals surface area contributed by atoms with Gasteiger partial charge >= 0.3 is 5.97 Å². The number of carbonyl (C=O) groups is 1. The lowest BCUT2D eigenvalue weighted by molar-refractivity contribution is 0.0689. The van der Waals surface area contributed by atoms with E-state index in [-0.39, 0.29) is 24.0 Å². The molecule has 1 N–H and O–H groups in total. The zero-order chi connectivity index (χ0) is 14.5. The summed E-state index contributed by atoms with van der Waals surface area (Å²) in [6.07, 6.45) is 0.517. The van der Waals surface area contributed by atoms with Crippen LogP contribution in [0.15, 0.2) is 34.9 Å². The standard InChI is InChI=1S/C15H17NO4/c1-10(2)8-12-13(15(17)18)14(16-20-12)19-9-11-6-4-3-5-7-11/h3-7,10H,8-9H2,1-2H3,(H,17,18). The maximum absolute atomic E-state index is 11.3. The fourth-order valence-corrected chi connectivity index (χ4v) is 1.85. The van der Waals surface area contributed by atoms with Crippen molar-refractivity contribution in [3.63, 3.8) is 0 Å². The minimum atomic E-state index is -1.08. The summed E-state index contributed by atoms with van der Waals surface area (Å²) in [7, 11) is 0. The van der Waals surface area contributed by atoms with Crippen LogP contribution in [0.2, 0.25) is 0 Å². The van der Waals surface area contributed by atoms with Gasteiger partial charge in [0.2, 0.25) is 0 Å². The minimum absolute atomic E-state index is 0.0228. The number of aromatic nitrogens is 1. The molecule has 0 bridgehead atoms. The number of hydrogen-bond acceptors (Lipinski definition) is 4. The van der Waals surface area contributed by atoms with Gasteiger partial charge in [-0.2, -0.15) is 0 Å². The summed E-state index contributed by atoms with van der Waals surface area (Å²) < 4.78 is 10.6. The predicted octanol–water partition coefficient (Wildman–Crippen LogP) is 3.15. The molecule has 20 heavy (non-hydrogen) atoms. The Balaban J connectivity index is 2.15. The highest BCUT2D eigenvalue weighted by atomic mass is 16.5. The maximum atomic E-state index is 11.3. The van der Waals surface area contributed by atoms with Crippen LogP contribution in [0.1, 0.15) is 35.5 Å². The van der Waals surface area contributed by atoms with E-state index in [9.17, 15) is 9.90 Å². The number of rotatable bonds is 6. The van der Waals surface area contributed by atoms with Crippen LogP contribution in [0.4, 0.5) is 0 Å². The van der Waals surface area contributed by atoms with Crippen LogP contribution in [-0.4, -0.2) is 16.2 Å². The molecule has 0 aliphatic heterocycles. The van der Waals surface area contributed by atoms with Crippen molar-refractivity contribution >= 4 is 5.97 Å². The van der Waals surface area contributed by atoms with Crippen molar-refractivity contribution in [2.45, 2.75) is 26.9 Å². The van der Waals surface area contributed by atoms with Gasteiger partial charge in [-0.15, -0.1) is 0 Å². The zero-order valence-corrected chi connectivity index (χ0v) is 11.5. The van der Waals surface area contributed by atoms with Crippen molar-refractivity contribution in [3.05, 3.63) is 47.2 Å². The highest BCUT2D eigenvalue weighted by Gasteiger charge is 2.24. The van der Waals surface area contributed by atoms with E-state index in [0.717, 1.165) is 5.56 Å². The zero-order valence-electron chi connectivity index (χ0n) is 11.5. The summed E-state index contributed by atoms with van der Waals surface area (Å²) in [5.74, 6) is -0.402. The molecule has 0 fully saturated rings. The normalized spacial score (nSPS) is 10.8. The van der Waals surface area contributed by atoms with E-state index in [1.165, 1.54) is 0 Å². The second-order valence-corrected chi connectivity index (χ2v) is 4.96. The topological polar surface area (TPSA) is 72.6 Å². The Bertz CT molecular complexity index is 575. The molecule has 0 saturated heterocycles. The molecule has 0 spiro atoms. The second-order valence-electron chi connectivity index (χ2n) is 4.96. The van der Waals surface area contributed by atoms with Gasteiger partial charge in [-0.25, -0.2) is 4.79 Å². The molecule has 0 aliphatic carbocycles. The molecule has 0 radical (unpaired) electrons. The first kappa shape index (κ1) is 14.1. The lowest BCUT2D eigenvalue weighted by Crippen LogP contribution is -2.05. The van der Waals surface area contributed by atoms with Crippen molar-refractivity contribution in [2.24, 2.45) is 5.92 Å². The summed E-state index contributed by atoms with van der Waals surface area (Å²) in [5.41, 5.74) is 0.965. The number of carboxylic acid groups (broad SMARTS) is 1. The van der Waals surface area contributed by atoms with E-state index in [1.54, 1.807) is 0 Å². The van der Waals surface area contributed by atoms with Gasteiger partial charge in [-0.05, 0) is 16.6 Å². The largest absolute Gasteiger partial charge is 0.477 e. The molecule has 1 aromatic heterocycles. The smallest absolute Gasteiger partial charge is 0.344 e. The Labute approximate surface area is 117 Å². The van der Waals surface area contributed by atoms with Gasteiger partial charge in [-0.3, -0.25) is 0 Å². The van der Waals surface area contributed by atoms with E-state index in [1.807, 2.05) is 44.2 Å². The van der Waals surface area contributed by atoms with Crippen LogP contribution in [0.25, 0.3) is 0 Å². The minimum Gasteiger partial charge on any atom is -0.477 e. The molecule has 5 heteroatoms. The Morgan fingerprint density at radius 1 is 1.35 bits per heavy atom. The van der Waals surface area contributed by atoms with E-state index in [0.29, 0.717) is 12.2 Å². The molecule has 0 amide bonds. The Morgan fingerprint density at radius 3 is 2.65 bits per heavy atom. The summed E-state index contributed by atoms with van der Waals surface area (Å²) in [6.45, 7) is 4.23. The Kier molecular flexibility index (Phi) is 4.40. The maximum Gasteiger partial charge on any atom is 0.344 e. The van der Waals surface area contributed by atoms with Crippen LogP contribution >= 0.6 is 0 Å². The molecule has 0 aliphatic rings. The fourth-order valence-electron chi connectivity index (χ4n) is 1.85. The third kappa shape index (κ3) is 3.38. The van der Waals surface area contributed by atoms with Gasteiger partial charge in [0.1, 0.15) is 6.61 Å². The number of aromatic carboxylic acids is 1. The monoisotopic (exact) mass is 275 g/mol. The number of carboxylic acids is 1. The average molecular weight is 275 g/mol. The van der Waals surface area contributed by atoms with Gasteiger partial charge in [0.05, 0.1) is 0 Å². The first-order valence-electron chi connectivity index (χ1n) is 6.46. The van der Waals surface area contributed by atoms with Crippen molar-refractivity contribution in [3.8, 4) is 5.88 Å². The van der Waals surface area contributed by atoms with E-state index in [2.05, 4.69) is 5.16 Å². The summed E-state index contributed by atoms with van der Waals surface area (Å²) in [4.78, 5) is 11.3. The third-order valence-electron chi connectivity index (χ3n) is 2.76. The molecular formula is C15H17NO4. The highest BCUT2D eigenvalue weighted by Crippen LogP contribution is 2.24. The Morgan fingerprint density at radius 2 is 2.05 bits per heavy atom. The van der Waals surface area contributed by atoms with Gasteiger partial charge in [0.25, 0.3) is 5.88 Å². The van der Waals surface area contributed by atoms with Crippen molar-refractivity contribution in [2.75, 3.05) is 0 Å².